The van der Waals surface area contributed by atoms with Crippen molar-refractivity contribution in [2.45, 2.75) is 6.92 Å². The average Bonchev–Trinajstić information content (AvgIpc) is 2.79. The number of halogens is 2. The lowest BCUT2D eigenvalue weighted by molar-refractivity contribution is 1.18. The Labute approximate surface area is 127 Å². The van der Waals surface area contributed by atoms with Gasteiger partial charge in [-0.25, -0.2) is 4.98 Å². The molecule has 0 atom stereocenters. The highest BCUT2D eigenvalue weighted by atomic mass is 35.5. The van der Waals surface area contributed by atoms with Crippen LogP contribution in [0.25, 0.3) is 17.8 Å². The molecule has 0 N–H and O–H groups in total. The Balaban J connectivity index is 2.07. The largest absolute Gasteiger partial charge is 0.306 e. The standard InChI is InChI=1S/C16H12Cl2N2/c1-11-10-20-9-3-4-12(16(20)19-11)7-8-13-14(17)5-2-6-15(13)18/h2-10H,1H3. The Morgan fingerprint density at radius 2 is 1.80 bits per heavy atom. The van der Waals surface area contributed by atoms with Gasteiger partial charge >= 0.3 is 0 Å². The maximum atomic E-state index is 6.16. The van der Waals surface area contributed by atoms with Crippen molar-refractivity contribution >= 4 is 41.0 Å². The molecule has 2 heterocycles. The summed E-state index contributed by atoms with van der Waals surface area (Å²) < 4.78 is 2.00. The number of fused-ring (bicyclic) bond motifs is 1. The average molecular weight is 303 g/mol. The summed E-state index contributed by atoms with van der Waals surface area (Å²) in [4.78, 5) is 4.52. The second-order valence-electron chi connectivity index (χ2n) is 4.55. The summed E-state index contributed by atoms with van der Waals surface area (Å²) in [5.41, 5.74) is 3.75. The Morgan fingerprint density at radius 3 is 2.55 bits per heavy atom. The van der Waals surface area contributed by atoms with Crippen molar-refractivity contribution in [3.63, 3.8) is 0 Å². The number of benzene rings is 1. The van der Waals surface area contributed by atoms with E-state index >= 15 is 0 Å². The zero-order valence-corrected chi connectivity index (χ0v) is 12.4. The minimum absolute atomic E-state index is 0.639. The predicted molar refractivity (Wildman–Crippen MR) is 85.3 cm³/mol. The van der Waals surface area contributed by atoms with Gasteiger partial charge in [0, 0.05) is 33.6 Å². The molecule has 4 heteroatoms. The first kappa shape index (κ1) is 13.2. The quantitative estimate of drug-likeness (QED) is 0.642. The van der Waals surface area contributed by atoms with E-state index in [1.165, 1.54) is 0 Å². The summed E-state index contributed by atoms with van der Waals surface area (Å²) in [7, 11) is 0. The lowest BCUT2D eigenvalue weighted by Crippen LogP contribution is -1.85. The fraction of sp³-hybridized carbons (Fsp3) is 0.0625. The number of imidazole rings is 1. The molecule has 0 unspecified atom stereocenters. The van der Waals surface area contributed by atoms with Crippen LogP contribution in [-0.2, 0) is 0 Å². The lowest BCUT2D eigenvalue weighted by atomic mass is 10.1. The van der Waals surface area contributed by atoms with Gasteiger partial charge in [0.25, 0.3) is 0 Å². The fourth-order valence-electron chi connectivity index (χ4n) is 2.13. The van der Waals surface area contributed by atoms with Gasteiger partial charge < -0.3 is 4.40 Å². The first-order valence-corrected chi connectivity index (χ1v) is 6.97. The van der Waals surface area contributed by atoms with Gasteiger partial charge in [-0.3, -0.25) is 0 Å². The molecule has 2 nitrogen and oxygen atoms in total. The molecule has 2 aromatic heterocycles. The normalized spacial score (nSPS) is 11.6. The molecule has 3 rings (SSSR count). The molecule has 0 aliphatic heterocycles. The molecule has 0 aliphatic rings. The third-order valence-corrected chi connectivity index (χ3v) is 3.72. The summed E-state index contributed by atoms with van der Waals surface area (Å²) in [5, 5.41) is 1.28. The van der Waals surface area contributed by atoms with Crippen LogP contribution in [-0.4, -0.2) is 9.38 Å². The molecule has 0 fully saturated rings. The maximum Gasteiger partial charge on any atom is 0.144 e. The van der Waals surface area contributed by atoms with Gasteiger partial charge in [0.2, 0.25) is 0 Å². The molecular weight excluding hydrogens is 291 g/mol. The molecule has 0 saturated carbocycles. The van der Waals surface area contributed by atoms with Gasteiger partial charge in [-0.15, -0.1) is 0 Å². The van der Waals surface area contributed by atoms with E-state index in [2.05, 4.69) is 4.98 Å². The van der Waals surface area contributed by atoms with E-state index < -0.39 is 0 Å². The van der Waals surface area contributed by atoms with Crippen molar-refractivity contribution in [2.75, 3.05) is 0 Å². The van der Waals surface area contributed by atoms with Crippen molar-refractivity contribution in [1.82, 2.24) is 9.38 Å². The van der Waals surface area contributed by atoms with Crippen LogP contribution in [0.5, 0.6) is 0 Å². The topological polar surface area (TPSA) is 17.3 Å². The minimum Gasteiger partial charge on any atom is -0.306 e. The zero-order chi connectivity index (χ0) is 14.1. The van der Waals surface area contributed by atoms with E-state index in [0.29, 0.717) is 10.0 Å². The van der Waals surface area contributed by atoms with Crippen LogP contribution in [0.15, 0.2) is 42.7 Å². The van der Waals surface area contributed by atoms with Crippen LogP contribution < -0.4 is 0 Å². The van der Waals surface area contributed by atoms with Gasteiger partial charge in [-0.2, -0.15) is 0 Å². The summed E-state index contributed by atoms with van der Waals surface area (Å²) in [5.74, 6) is 0. The number of aromatic nitrogens is 2. The van der Waals surface area contributed by atoms with Crippen LogP contribution in [0.3, 0.4) is 0 Å². The second kappa shape index (κ2) is 5.31. The molecule has 0 radical (unpaired) electrons. The first-order valence-electron chi connectivity index (χ1n) is 6.21. The third kappa shape index (κ3) is 2.45. The van der Waals surface area contributed by atoms with E-state index in [1.807, 2.05) is 66.2 Å². The highest BCUT2D eigenvalue weighted by Crippen LogP contribution is 2.26. The monoisotopic (exact) mass is 302 g/mol. The Hall–Kier alpha value is -1.77. The number of hydrogen-bond donors (Lipinski definition) is 0. The van der Waals surface area contributed by atoms with E-state index in [0.717, 1.165) is 22.5 Å². The molecule has 3 aromatic rings. The van der Waals surface area contributed by atoms with Gasteiger partial charge in [-0.05, 0) is 31.2 Å². The summed E-state index contributed by atoms with van der Waals surface area (Å²) in [6.45, 7) is 1.98. The van der Waals surface area contributed by atoms with Crippen LogP contribution in [0, 0.1) is 6.92 Å². The van der Waals surface area contributed by atoms with E-state index in [1.54, 1.807) is 0 Å². The second-order valence-corrected chi connectivity index (χ2v) is 5.36. The Morgan fingerprint density at radius 1 is 1.05 bits per heavy atom. The van der Waals surface area contributed by atoms with E-state index in [-0.39, 0.29) is 0 Å². The van der Waals surface area contributed by atoms with E-state index in [4.69, 9.17) is 23.2 Å². The summed E-state index contributed by atoms with van der Waals surface area (Å²) in [6.07, 6.45) is 7.88. The molecule has 1 aromatic carbocycles. The number of aryl methyl sites for hydroxylation is 1. The molecular formula is C16H12Cl2N2. The van der Waals surface area contributed by atoms with Gasteiger partial charge in [0.05, 0.1) is 5.69 Å². The molecule has 0 saturated heterocycles. The van der Waals surface area contributed by atoms with Crippen LogP contribution >= 0.6 is 23.2 Å². The molecule has 20 heavy (non-hydrogen) atoms. The van der Waals surface area contributed by atoms with Gasteiger partial charge in [-0.1, -0.05) is 41.4 Å². The first-order chi connectivity index (χ1) is 9.65. The highest BCUT2D eigenvalue weighted by molar-refractivity contribution is 6.37. The van der Waals surface area contributed by atoms with Gasteiger partial charge in [0.15, 0.2) is 0 Å². The minimum atomic E-state index is 0.639. The number of nitrogens with zero attached hydrogens (tertiary/aromatic N) is 2. The zero-order valence-electron chi connectivity index (χ0n) is 10.8. The van der Waals surface area contributed by atoms with Crippen molar-refractivity contribution in [2.24, 2.45) is 0 Å². The lowest BCUT2D eigenvalue weighted by Gasteiger charge is -2.01. The third-order valence-electron chi connectivity index (χ3n) is 3.06. The summed E-state index contributed by atoms with van der Waals surface area (Å²) in [6, 6.07) is 9.49. The molecule has 100 valence electrons. The Bertz CT molecular complexity index is 783. The smallest absolute Gasteiger partial charge is 0.144 e. The Kier molecular flexibility index (Phi) is 3.51. The van der Waals surface area contributed by atoms with E-state index in [9.17, 15) is 0 Å². The highest BCUT2D eigenvalue weighted by Gasteiger charge is 2.04. The number of rotatable bonds is 2. The molecule has 0 amide bonds. The molecule has 0 aliphatic carbocycles. The van der Waals surface area contributed by atoms with Gasteiger partial charge in [0.1, 0.15) is 5.65 Å². The van der Waals surface area contributed by atoms with Crippen LogP contribution in [0.2, 0.25) is 10.0 Å². The molecule has 0 bridgehead atoms. The van der Waals surface area contributed by atoms with Crippen LogP contribution in [0.4, 0.5) is 0 Å². The predicted octanol–water partition coefficient (Wildman–Crippen LogP) is 5.12. The van der Waals surface area contributed by atoms with Crippen molar-refractivity contribution in [3.8, 4) is 0 Å². The van der Waals surface area contributed by atoms with Crippen molar-refractivity contribution < 1.29 is 0 Å². The number of pyridine rings is 1. The van der Waals surface area contributed by atoms with Crippen LogP contribution in [0.1, 0.15) is 16.8 Å². The SMILES string of the molecule is Cc1cn2cccc(C=Cc3c(Cl)cccc3Cl)c2n1. The fourth-order valence-corrected chi connectivity index (χ4v) is 2.65. The van der Waals surface area contributed by atoms with Crippen molar-refractivity contribution in [3.05, 3.63) is 69.6 Å². The maximum absolute atomic E-state index is 6.16. The number of hydrogen-bond acceptors (Lipinski definition) is 1. The van der Waals surface area contributed by atoms with Crippen molar-refractivity contribution in [1.29, 1.82) is 0 Å². The molecule has 0 spiro atoms. The summed E-state index contributed by atoms with van der Waals surface area (Å²) >= 11 is 12.3.